The fourth-order valence-corrected chi connectivity index (χ4v) is 1.76. The first-order chi connectivity index (χ1) is 5.84. The van der Waals surface area contributed by atoms with Crippen molar-refractivity contribution < 1.29 is 19.5 Å². The Labute approximate surface area is 78.5 Å². The Morgan fingerprint density at radius 2 is 1.54 bits per heavy atom. The minimum Gasteiger partial charge on any atom is -0.238 e. The van der Waals surface area contributed by atoms with Crippen LogP contribution in [0.15, 0.2) is 11.1 Å². The standard InChI is InChI=1S/C8H16O4P/c1-4-7(5-2)6(3)8(9)13(10,11)12/h10-12H,4-5H2,1-3H3/q+1. The highest BCUT2D eigenvalue weighted by Gasteiger charge is 2.43. The van der Waals surface area contributed by atoms with Crippen LogP contribution in [0, 0.1) is 0 Å². The summed E-state index contributed by atoms with van der Waals surface area (Å²) in [5.41, 5.74) is 0.170. The number of carbonyl (C=O) groups is 1. The predicted octanol–water partition coefficient (Wildman–Crippen LogP) is 1.39. The zero-order valence-electron chi connectivity index (χ0n) is 8.11. The largest absolute Gasteiger partial charge is 0.483 e. The molecular formula is C8H16O4P+. The van der Waals surface area contributed by atoms with Crippen LogP contribution in [0.4, 0.5) is 0 Å². The molecular weight excluding hydrogens is 191 g/mol. The number of carbonyl (C=O) groups excluding carboxylic acids is 1. The minimum atomic E-state index is -4.34. The maximum Gasteiger partial charge on any atom is 0.483 e. The van der Waals surface area contributed by atoms with E-state index in [0.29, 0.717) is 12.8 Å². The monoisotopic (exact) mass is 207 g/mol. The number of allylic oxidation sites excluding steroid dienone is 2. The number of rotatable bonds is 4. The summed E-state index contributed by atoms with van der Waals surface area (Å²) in [6, 6.07) is 0. The van der Waals surface area contributed by atoms with Gasteiger partial charge in [0.25, 0.3) is 0 Å². The highest BCUT2D eigenvalue weighted by atomic mass is 31.2. The molecule has 0 unspecified atom stereocenters. The summed E-state index contributed by atoms with van der Waals surface area (Å²) in [6.07, 6.45) is 1.35. The highest BCUT2D eigenvalue weighted by Crippen LogP contribution is 2.48. The van der Waals surface area contributed by atoms with Gasteiger partial charge in [-0.3, -0.25) is 0 Å². The van der Waals surface area contributed by atoms with Crippen LogP contribution in [0.25, 0.3) is 0 Å². The molecule has 5 heteroatoms. The van der Waals surface area contributed by atoms with Crippen molar-refractivity contribution in [2.24, 2.45) is 0 Å². The molecule has 0 fully saturated rings. The molecule has 0 heterocycles. The summed E-state index contributed by atoms with van der Waals surface area (Å²) in [5.74, 6) is 0. The van der Waals surface area contributed by atoms with Gasteiger partial charge in [0.05, 0.1) is 0 Å². The van der Waals surface area contributed by atoms with Crippen LogP contribution in [-0.4, -0.2) is 20.2 Å². The Balaban J connectivity index is 4.87. The van der Waals surface area contributed by atoms with Gasteiger partial charge in [-0.25, -0.2) is 4.79 Å². The van der Waals surface area contributed by atoms with Crippen molar-refractivity contribution in [3.63, 3.8) is 0 Å². The van der Waals surface area contributed by atoms with Crippen molar-refractivity contribution in [3.05, 3.63) is 11.1 Å². The number of hydrogen-bond acceptors (Lipinski definition) is 4. The van der Waals surface area contributed by atoms with Gasteiger partial charge in [-0.1, -0.05) is 19.4 Å². The molecule has 3 N–H and O–H groups in total. The van der Waals surface area contributed by atoms with E-state index >= 15 is 0 Å². The molecule has 0 aromatic carbocycles. The molecule has 0 bridgehead atoms. The van der Waals surface area contributed by atoms with Crippen LogP contribution in [0.2, 0.25) is 0 Å². The quantitative estimate of drug-likeness (QED) is 0.481. The molecule has 0 aromatic heterocycles. The molecule has 0 saturated carbocycles. The van der Waals surface area contributed by atoms with Gasteiger partial charge < -0.3 is 0 Å². The van der Waals surface area contributed by atoms with Crippen molar-refractivity contribution in [1.29, 1.82) is 0 Å². The first-order valence-corrected chi connectivity index (χ1v) is 5.80. The van der Waals surface area contributed by atoms with Gasteiger partial charge in [0.15, 0.2) is 0 Å². The average Bonchev–Trinajstić information content (AvgIpc) is 2.03. The second kappa shape index (κ2) is 4.82. The molecule has 0 saturated heterocycles. The molecule has 76 valence electrons. The van der Waals surface area contributed by atoms with Crippen molar-refractivity contribution in [3.8, 4) is 0 Å². The van der Waals surface area contributed by atoms with Gasteiger partial charge in [-0.15, -0.1) is 0 Å². The zero-order chi connectivity index (χ0) is 10.6. The van der Waals surface area contributed by atoms with Gasteiger partial charge in [-0.05, 0) is 19.8 Å². The van der Waals surface area contributed by atoms with Crippen molar-refractivity contribution >= 4 is 13.5 Å². The van der Waals surface area contributed by atoms with Gasteiger partial charge >= 0.3 is 13.5 Å². The molecule has 0 atom stereocenters. The van der Waals surface area contributed by atoms with E-state index < -0.39 is 13.5 Å². The average molecular weight is 207 g/mol. The summed E-state index contributed by atoms with van der Waals surface area (Å²) in [7, 11) is -4.34. The first-order valence-electron chi connectivity index (χ1n) is 4.15. The zero-order valence-corrected chi connectivity index (χ0v) is 9.01. The lowest BCUT2D eigenvalue weighted by Crippen LogP contribution is -2.08. The van der Waals surface area contributed by atoms with E-state index in [1.165, 1.54) is 6.92 Å². The Kier molecular flexibility index (Phi) is 4.71. The maximum atomic E-state index is 11.2. The van der Waals surface area contributed by atoms with Crippen LogP contribution in [0.5, 0.6) is 0 Å². The number of hydrogen-bond donors (Lipinski definition) is 3. The lowest BCUT2D eigenvalue weighted by atomic mass is 10.1. The molecule has 0 radical (unpaired) electrons. The van der Waals surface area contributed by atoms with Crippen molar-refractivity contribution in [2.45, 2.75) is 33.6 Å². The Morgan fingerprint density at radius 1 is 1.15 bits per heavy atom. The van der Waals surface area contributed by atoms with Gasteiger partial charge in [0.2, 0.25) is 0 Å². The topological polar surface area (TPSA) is 77.8 Å². The molecule has 0 rings (SSSR count). The van der Waals surface area contributed by atoms with Crippen LogP contribution in [0.3, 0.4) is 0 Å². The summed E-state index contributed by atoms with van der Waals surface area (Å²) in [6.45, 7) is 5.26. The molecule has 0 amide bonds. The molecule has 0 aliphatic rings. The first kappa shape index (κ1) is 12.7. The molecule has 0 aliphatic carbocycles. The van der Waals surface area contributed by atoms with E-state index in [0.717, 1.165) is 5.57 Å². The van der Waals surface area contributed by atoms with Gasteiger partial charge in [0, 0.05) is 5.57 Å². The lowest BCUT2D eigenvalue weighted by Gasteiger charge is -2.06. The molecule has 0 aliphatic heterocycles. The lowest BCUT2D eigenvalue weighted by molar-refractivity contribution is -0.110. The fourth-order valence-electron chi connectivity index (χ4n) is 1.16. The summed E-state index contributed by atoms with van der Waals surface area (Å²) in [5, 5.41) is 0. The third-order valence-electron chi connectivity index (χ3n) is 1.98. The summed E-state index contributed by atoms with van der Waals surface area (Å²) < 4.78 is 0. The predicted molar refractivity (Wildman–Crippen MR) is 51.9 cm³/mol. The van der Waals surface area contributed by atoms with Crippen molar-refractivity contribution in [2.75, 3.05) is 0 Å². The fraction of sp³-hybridized carbons (Fsp3) is 0.625. The van der Waals surface area contributed by atoms with E-state index in [1.54, 1.807) is 0 Å². The van der Waals surface area contributed by atoms with Crippen LogP contribution >= 0.6 is 7.94 Å². The van der Waals surface area contributed by atoms with Gasteiger partial charge in [0.1, 0.15) is 0 Å². The van der Waals surface area contributed by atoms with Crippen LogP contribution in [-0.2, 0) is 4.79 Å². The normalized spacial score (nSPS) is 11.2. The van der Waals surface area contributed by atoms with Crippen molar-refractivity contribution in [1.82, 2.24) is 0 Å². The molecule has 13 heavy (non-hydrogen) atoms. The smallest absolute Gasteiger partial charge is 0.238 e. The molecule has 0 aromatic rings. The van der Waals surface area contributed by atoms with Gasteiger partial charge in [-0.2, -0.15) is 14.7 Å². The van der Waals surface area contributed by atoms with E-state index in [2.05, 4.69) is 0 Å². The second-order valence-electron chi connectivity index (χ2n) is 2.81. The van der Waals surface area contributed by atoms with E-state index in [4.69, 9.17) is 14.7 Å². The SMILES string of the molecule is CCC(CC)=C(C)C(=O)[P+](O)(O)O. The Morgan fingerprint density at radius 3 is 1.77 bits per heavy atom. The summed E-state index contributed by atoms with van der Waals surface area (Å²) >= 11 is 0. The summed E-state index contributed by atoms with van der Waals surface area (Å²) in [4.78, 5) is 37.4. The molecule has 4 nitrogen and oxygen atoms in total. The highest BCUT2D eigenvalue weighted by molar-refractivity contribution is 7.76. The van der Waals surface area contributed by atoms with E-state index in [1.807, 2.05) is 13.8 Å². The van der Waals surface area contributed by atoms with E-state index in [-0.39, 0.29) is 5.57 Å². The third-order valence-corrected chi connectivity index (χ3v) is 2.86. The van der Waals surface area contributed by atoms with Crippen LogP contribution < -0.4 is 0 Å². The Bertz CT molecular complexity index is 221. The third kappa shape index (κ3) is 3.53. The second-order valence-corrected chi connectivity index (χ2v) is 4.35. The molecule has 0 spiro atoms. The Hall–Kier alpha value is -0.280. The minimum absolute atomic E-state index is 0.269. The van der Waals surface area contributed by atoms with E-state index in [9.17, 15) is 4.79 Å². The maximum absolute atomic E-state index is 11.2. The van der Waals surface area contributed by atoms with Crippen LogP contribution in [0.1, 0.15) is 33.6 Å².